The van der Waals surface area contributed by atoms with Crippen LogP contribution in [0.25, 0.3) is 38.5 Å². The number of furan rings is 1. The third-order valence-corrected chi connectivity index (χ3v) is 9.36. The fourth-order valence-corrected chi connectivity index (χ4v) is 6.73. The van der Waals surface area contributed by atoms with Gasteiger partial charge in [0.2, 0.25) is 5.43 Å². The Morgan fingerprint density at radius 3 is 2.65 bits per heavy atom. The maximum absolute atomic E-state index is 16.0. The molecule has 0 saturated carbocycles. The summed E-state index contributed by atoms with van der Waals surface area (Å²) in [4.78, 5) is 36.1. The summed E-state index contributed by atoms with van der Waals surface area (Å²) in [6, 6.07) is 12.7. The quantitative estimate of drug-likeness (QED) is 0.195. The van der Waals surface area contributed by atoms with E-state index in [4.69, 9.17) is 9.15 Å². The maximum atomic E-state index is 16.0. The first-order chi connectivity index (χ1) is 23.4. The number of rotatable bonds is 10. The average Bonchev–Trinajstić information content (AvgIpc) is 3.74. The molecule has 0 unspecified atom stereocenters. The molecule has 0 radical (unpaired) electrons. The molecule has 246 valence electrons. The molecule has 6 aromatic rings. The highest BCUT2D eigenvalue weighted by atomic mass is 19.1. The van der Waals surface area contributed by atoms with E-state index in [1.807, 2.05) is 47.2 Å². The molecule has 0 atom stereocenters. The van der Waals surface area contributed by atoms with Crippen molar-refractivity contribution in [2.24, 2.45) is 0 Å². The van der Waals surface area contributed by atoms with Crippen LogP contribution in [0.3, 0.4) is 0 Å². The van der Waals surface area contributed by atoms with Crippen molar-refractivity contribution in [2.75, 3.05) is 58.2 Å². The van der Waals surface area contributed by atoms with Gasteiger partial charge in [-0.2, -0.15) is 0 Å². The standard InChI is InChI=1S/C36H36FN7O4/c1-41-14-16-42(17-15-41)11-4-8-39-32-27(37)18-25-33-35(32)48-31-19-24-23-6-2-3-7-29(23)47-30(24)20-28(31)44(33)21-26(34(25)45)36(46)40-9-5-12-43-13-10-38-22-43/h2-3,6-7,10,13,18-22,39H,4-5,8-9,11-12,14-17H2,1H3,(H,40,46). The van der Waals surface area contributed by atoms with E-state index in [-0.39, 0.29) is 22.4 Å². The molecule has 0 aliphatic carbocycles. The van der Waals surface area contributed by atoms with E-state index in [2.05, 4.69) is 32.5 Å². The van der Waals surface area contributed by atoms with Crippen molar-refractivity contribution in [1.29, 1.82) is 0 Å². The molecule has 48 heavy (non-hydrogen) atoms. The molecule has 2 aliphatic heterocycles. The number of piperazine rings is 1. The van der Waals surface area contributed by atoms with E-state index in [0.29, 0.717) is 48.6 Å². The predicted molar refractivity (Wildman–Crippen MR) is 183 cm³/mol. The third-order valence-electron chi connectivity index (χ3n) is 9.36. The minimum atomic E-state index is -0.614. The Hall–Kier alpha value is -5.20. The maximum Gasteiger partial charge on any atom is 0.256 e. The molecule has 1 fully saturated rings. The highest BCUT2D eigenvalue weighted by molar-refractivity contribution is 6.07. The Kier molecular flexibility index (Phi) is 7.81. The molecule has 12 heteroatoms. The van der Waals surface area contributed by atoms with Gasteiger partial charge in [0.05, 0.1) is 17.4 Å². The third kappa shape index (κ3) is 5.46. The zero-order chi connectivity index (χ0) is 32.8. The van der Waals surface area contributed by atoms with E-state index in [0.717, 1.165) is 55.5 Å². The van der Waals surface area contributed by atoms with Crippen LogP contribution in [0.1, 0.15) is 23.2 Å². The van der Waals surface area contributed by atoms with Crippen molar-refractivity contribution >= 4 is 44.4 Å². The van der Waals surface area contributed by atoms with Gasteiger partial charge in [-0.05, 0) is 44.6 Å². The van der Waals surface area contributed by atoms with E-state index < -0.39 is 17.2 Å². The molecule has 0 spiro atoms. The van der Waals surface area contributed by atoms with Gasteiger partial charge < -0.3 is 38.7 Å². The average molecular weight is 650 g/mol. The first-order valence-corrected chi connectivity index (χ1v) is 16.4. The topological polar surface area (TPSA) is 110 Å². The summed E-state index contributed by atoms with van der Waals surface area (Å²) >= 11 is 0. The number of amides is 1. The second kappa shape index (κ2) is 12.4. The van der Waals surface area contributed by atoms with Crippen molar-refractivity contribution in [1.82, 2.24) is 29.2 Å². The van der Waals surface area contributed by atoms with Crippen LogP contribution in [0.4, 0.5) is 10.1 Å². The highest BCUT2D eigenvalue weighted by Crippen LogP contribution is 2.47. The smallest absolute Gasteiger partial charge is 0.256 e. The summed E-state index contributed by atoms with van der Waals surface area (Å²) in [5, 5.41) is 7.97. The molecule has 1 amide bonds. The van der Waals surface area contributed by atoms with Gasteiger partial charge >= 0.3 is 0 Å². The number of anilines is 1. The first kappa shape index (κ1) is 30.2. The molecule has 3 aromatic carbocycles. The highest BCUT2D eigenvalue weighted by Gasteiger charge is 2.29. The normalized spacial score (nSPS) is 14.8. The lowest BCUT2D eigenvalue weighted by Crippen LogP contribution is -2.44. The molecule has 5 heterocycles. The van der Waals surface area contributed by atoms with Crippen LogP contribution in [0.2, 0.25) is 0 Å². The van der Waals surface area contributed by atoms with Crippen LogP contribution in [0.5, 0.6) is 11.5 Å². The van der Waals surface area contributed by atoms with Gasteiger partial charge in [0.15, 0.2) is 17.3 Å². The molecular weight excluding hydrogens is 613 g/mol. The van der Waals surface area contributed by atoms with Crippen LogP contribution in [0, 0.1) is 5.82 Å². The number of aromatic nitrogens is 3. The zero-order valence-electron chi connectivity index (χ0n) is 26.7. The number of benzene rings is 3. The van der Waals surface area contributed by atoms with Crippen LogP contribution in [0.15, 0.2) is 76.6 Å². The monoisotopic (exact) mass is 649 g/mol. The molecule has 1 saturated heterocycles. The lowest BCUT2D eigenvalue weighted by Gasteiger charge is -2.32. The number of carbonyl (C=O) groups is 1. The van der Waals surface area contributed by atoms with Gasteiger partial charge in [0, 0.05) is 81.2 Å². The second-order valence-electron chi connectivity index (χ2n) is 12.6. The van der Waals surface area contributed by atoms with Gasteiger partial charge in [-0.1, -0.05) is 18.2 Å². The van der Waals surface area contributed by atoms with Crippen LogP contribution in [-0.2, 0) is 6.54 Å². The number of ether oxygens (including phenoxy) is 1. The molecule has 0 bridgehead atoms. The van der Waals surface area contributed by atoms with E-state index in [9.17, 15) is 9.59 Å². The Morgan fingerprint density at radius 2 is 1.81 bits per heavy atom. The number of nitrogens with zero attached hydrogens (tertiary/aromatic N) is 5. The van der Waals surface area contributed by atoms with Crippen LogP contribution in [-0.4, -0.2) is 82.7 Å². The van der Waals surface area contributed by atoms with Crippen molar-refractivity contribution < 1.29 is 18.3 Å². The first-order valence-electron chi connectivity index (χ1n) is 16.4. The summed E-state index contributed by atoms with van der Waals surface area (Å²) in [6.07, 6.45) is 8.25. The summed E-state index contributed by atoms with van der Waals surface area (Å²) in [7, 11) is 2.13. The number of carbonyl (C=O) groups excluding carboxylic acids is 1. The Balaban J connectivity index is 1.16. The van der Waals surface area contributed by atoms with Crippen molar-refractivity contribution in [3.63, 3.8) is 0 Å². The Morgan fingerprint density at radius 1 is 0.979 bits per heavy atom. The molecular formula is C36H36FN7O4. The lowest BCUT2D eigenvalue weighted by atomic mass is 10.0. The fraction of sp³-hybridized carbons (Fsp3) is 0.306. The van der Waals surface area contributed by atoms with Gasteiger partial charge in [-0.15, -0.1) is 0 Å². The van der Waals surface area contributed by atoms with E-state index in [1.165, 1.54) is 12.3 Å². The number of hydrogen-bond acceptors (Lipinski definition) is 8. The second-order valence-corrected chi connectivity index (χ2v) is 12.6. The van der Waals surface area contributed by atoms with Crippen LogP contribution < -0.4 is 20.8 Å². The van der Waals surface area contributed by atoms with Gasteiger partial charge in [0.25, 0.3) is 5.91 Å². The summed E-state index contributed by atoms with van der Waals surface area (Å²) in [6.45, 7) is 6.52. The zero-order valence-corrected chi connectivity index (χ0v) is 26.7. The number of fused-ring (bicyclic) bond motifs is 5. The van der Waals surface area contributed by atoms with Crippen LogP contribution >= 0.6 is 0 Å². The number of nitrogens with one attached hydrogen (secondary N) is 2. The number of likely N-dealkylation sites (N-methyl/N-ethyl adjacent to an activating group) is 1. The van der Waals surface area contributed by atoms with Gasteiger partial charge in [-0.25, -0.2) is 9.37 Å². The minimum absolute atomic E-state index is 0.0619. The van der Waals surface area contributed by atoms with E-state index >= 15 is 4.39 Å². The predicted octanol–water partition coefficient (Wildman–Crippen LogP) is 5.20. The number of aryl methyl sites for hydroxylation is 1. The Bertz CT molecular complexity index is 2220. The molecule has 3 aromatic heterocycles. The van der Waals surface area contributed by atoms with Crippen molar-refractivity contribution in [3.8, 4) is 17.2 Å². The van der Waals surface area contributed by atoms with Crippen molar-refractivity contribution in [3.05, 3.63) is 89.0 Å². The summed E-state index contributed by atoms with van der Waals surface area (Å²) in [5.74, 6) is -0.461. The van der Waals surface area contributed by atoms with Gasteiger partial charge in [0.1, 0.15) is 27.9 Å². The summed E-state index contributed by atoms with van der Waals surface area (Å²) in [5.41, 5.74) is 1.87. The summed E-state index contributed by atoms with van der Waals surface area (Å²) < 4.78 is 32.3. The molecule has 8 rings (SSSR count). The van der Waals surface area contributed by atoms with Gasteiger partial charge in [-0.3, -0.25) is 9.59 Å². The minimum Gasteiger partial charge on any atom is -0.456 e. The number of imidazole rings is 1. The molecule has 2 N–H and O–H groups in total. The number of para-hydroxylation sites is 1. The number of pyridine rings is 1. The molecule has 2 aliphatic rings. The lowest BCUT2D eigenvalue weighted by molar-refractivity contribution is 0.0951. The SMILES string of the molecule is CN1CCN(CCCNc2c(F)cc3c(=O)c(C(=O)NCCCn4ccnc4)cn4c3c2Oc2cc3c(cc2-4)oc2ccccc23)CC1. The number of halogens is 1. The number of hydrogen-bond donors (Lipinski definition) is 2. The molecule has 11 nitrogen and oxygen atoms in total. The van der Waals surface area contributed by atoms with E-state index in [1.54, 1.807) is 17.1 Å². The fourth-order valence-electron chi connectivity index (χ4n) is 6.73. The largest absolute Gasteiger partial charge is 0.456 e. The van der Waals surface area contributed by atoms with Crippen molar-refractivity contribution in [2.45, 2.75) is 19.4 Å². The Labute approximate surface area is 275 Å².